The van der Waals surface area contributed by atoms with Gasteiger partial charge in [-0.3, -0.25) is 9.48 Å². The van der Waals surface area contributed by atoms with Gasteiger partial charge in [-0.25, -0.2) is 8.42 Å². The minimum atomic E-state index is -3.49. The monoisotopic (exact) mass is 468 g/mol. The van der Waals surface area contributed by atoms with Gasteiger partial charge < -0.3 is 5.32 Å². The van der Waals surface area contributed by atoms with Crippen LogP contribution in [0.15, 0.2) is 58.3 Å². The molecule has 0 spiro atoms. The molecule has 3 aromatic rings. The molecule has 2 aliphatic rings. The standard InChI is InChI=1S/C23H24N4O3S2/c1-26-22-18-7-3-4-8-20(18)31-15-19(22)21(25-26)23(28)24-16-9-11-17(12-10-16)32(29,30)27-13-5-2-6-14-27/h3-4,7-12H,2,5-6,13-15H2,1H3,(H,24,28). The second-order valence-corrected chi connectivity index (χ2v) is 11.0. The van der Waals surface area contributed by atoms with Gasteiger partial charge in [0.15, 0.2) is 5.69 Å². The van der Waals surface area contributed by atoms with Crippen LogP contribution >= 0.6 is 11.8 Å². The third-order valence-corrected chi connectivity index (χ3v) is 8.95. The van der Waals surface area contributed by atoms with Crippen molar-refractivity contribution in [1.29, 1.82) is 0 Å². The molecule has 32 heavy (non-hydrogen) atoms. The Morgan fingerprint density at radius 3 is 2.50 bits per heavy atom. The van der Waals surface area contributed by atoms with Crippen LogP contribution in [0.1, 0.15) is 35.3 Å². The molecule has 0 unspecified atom stereocenters. The van der Waals surface area contributed by atoms with Crippen molar-refractivity contribution in [2.45, 2.75) is 34.8 Å². The van der Waals surface area contributed by atoms with E-state index in [1.807, 2.05) is 25.2 Å². The zero-order chi connectivity index (χ0) is 22.3. The van der Waals surface area contributed by atoms with Crippen LogP contribution in [-0.2, 0) is 22.8 Å². The van der Waals surface area contributed by atoms with Crippen LogP contribution in [0.3, 0.4) is 0 Å². The molecular weight excluding hydrogens is 444 g/mol. The third kappa shape index (κ3) is 3.74. The second-order valence-electron chi connectivity index (χ2n) is 8.03. The molecule has 3 heterocycles. The van der Waals surface area contributed by atoms with Crippen LogP contribution in [-0.4, -0.2) is 41.5 Å². The molecule has 1 saturated heterocycles. The van der Waals surface area contributed by atoms with E-state index in [1.165, 1.54) is 4.90 Å². The normalized spacial score (nSPS) is 16.3. The Hall–Kier alpha value is -2.62. The highest BCUT2D eigenvalue weighted by molar-refractivity contribution is 7.98. The minimum absolute atomic E-state index is 0.251. The van der Waals surface area contributed by atoms with Crippen LogP contribution in [0.25, 0.3) is 11.3 Å². The maximum absolute atomic E-state index is 13.0. The minimum Gasteiger partial charge on any atom is -0.321 e. The number of nitrogens with one attached hydrogen (secondary N) is 1. The van der Waals surface area contributed by atoms with E-state index in [4.69, 9.17) is 0 Å². The van der Waals surface area contributed by atoms with E-state index in [0.29, 0.717) is 30.2 Å². The average molecular weight is 469 g/mol. The maximum Gasteiger partial charge on any atom is 0.276 e. The highest BCUT2D eigenvalue weighted by atomic mass is 32.2. The number of benzene rings is 2. The number of amides is 1. The molecule has 2 aliphatic heterocycles. The lowest BCUT2D eigenvalue weighted by Gasteiger charge is -2.25. The first-order valence-electron chi connectivity index (χ1n) is 10.6. The van der Waals surface area contributed by atoms with Gasteiger partial charge in [-0.05, 0) is 43.2 Å². The number of hydrogen-bond acceptors (Lipinski definition) is 5. The number of nitrogens with zero attached hydrogens (tertiary/aromatic N) is 3. The van der Waals surface area contributed by atoms with Crippen molar-refractivity contribution in [3.63, 3.8) is 0 Å². The summed E-state index contributed by atoms with van der Waals surface area (Å²) in [6.07, 6.45) is 2.85. The summed E-state index contributed by atoms with van der Waals surface area (Å²) in [6, 6.07) is 14.5. The van der Waals surface area contributed by atoms with E-state index >= 15 is 0 Å². The fourth-order valence-corrected chi connectivity index (χ4v) is 6.90. The van der Waals surface area contributed by atoms with E-state index in [-0.39, 0.29) is 10.8 Å². The number of carbonyl (C=O) groups is 1. The summed E-state index contributed by atoms with van der Waals surface area (Å²) >= 11 is 1.70. The summed E-state index contributed by atoms with van der Waals surface area (Å²) in [5.74, 6) is 0.379. The van der Waals surface area contributed by atoms with Crippen LogP contribution in [0.2, 0.25) is 0 Å². The Morgan fingerprint density at radius 2 is 1.75 bits per heavy atom. The quantitative estimate of drug-likeness (QED) is 0.623. The molecule has 1 aromatic heterocycles. The van der Waals surface area contributed by atoms with Gasteiger partial charge in [0, 0.05) is 47.6 Å². The molecule has 5 rings (SSSR count). The lowest BCUT2D eigenvalue weighted by atomic mass is 10.1. The topological polar surface area (TPSA) is 84.3 Å². The van der Waals surface area contributed by atoms with Crippen molar-refractivity contribution in [2.24, 2.45) is 7.05 Å². The SMILES string of the molecule is Cn1nc(C(=O)Nc2ccc(S(=O)(=O)N3CCCCC3)cc2)c2c1-c1ccccc1SC2. The van der Waals surface area contributed by atoms with E-state index in [9.17, 15) is 13.2 Å². The van der Waals surface area contributed by atoms with Crippen molar-refractivity contribution in [3.8, 4) is 11.3 Å². The lowest BCUT2D eigenvalue weighted by Crippen LogP contribution is -2.35. The predicted molar refractivity (Wildman–Crippen MR) is 125 cm³/mol. The van der Waals surface area contributed by atoms with Crippen molar-refractivity contribution >= 4 is 33.4 Å². The lowest BCUT2D eigenvalue weighted by molar-refractivity contribution is 0.102. The molecule has 7 nitrogen and oxygen atoms in total. The van der Waals surface area contributed by atoms with Gasteiger partial charge in [-0.1, -0.05) is 24.6 Å². The van der Waals surface area contributed by atoms with Gasteiger partial charge in [-0.2, -0.15) is 9.40 Å². The number of piperidine rings is 1. The average Bonchev–Trinajstić information content (AvgIpc) is 3.17. The Labute approximate surface area is 191 Å². The molecule has 0 aliphatic carbocycles. The van der Waals surface area contributed by atoms with Gasteiger partial charge in [-0.15, -0.1) is 11.8 Å². The summed E-state index contributed by atoms with van der Waals surface area (Å²) in [7, 11) is -1.64. The molecule has 2 aromatic carbocycles. The number of sulfonamides is 1. The Kier molecular flexibility index (Phi) is 5.56. The predicted octanol–water partition coefficient (Wildman–Crippen LogP) is 4.12. The van der Waals surface area contributed by atoms with E-state index in [0.717, 1.165) is 36.1 Å². The number of rotatable bonds is 4. The molecule has 1 amide bonds. The van der Waals surface area contributed by atoms with Crippen LogP contribution < -0.4 is 5.32 Å². The highest BCUT2D eigenvalue weighted by Gasteiger charge is 2.28. The molecule has 0 radical (unpaired) electrons. The first kappa shape index (κ1) is 21.2. The molecule has 166 valence electrons. The Morgan fingerprint density at radius 1 is 1.03 bits per heavy atom. The van der Waals surface area contributed by atoms with Gasteiger partial charge >= 0.3 is 0 Å². The van der Waals surface area contributed by atoms with Crippen LogP contribution in [0, 0.1) is 0 Å². The van der Waals surface area contributed by atoms with Crippen molar-refractivity contribution in [2.75, 3.05) is 18.4 Å². The summed E-state index contributed by atoms with van der Waals surface area (Å²) in [6.45, 7) is 1.12. The van der Waals surface area contributed by atoms with E-state index in [1.54, 1.807) is 45.0 Å². The zero-order valence-corrected chi connectivity index (χ0v) is 19.4. The van der Waals surface area contributed by atoms with Gasteiger partial charge in [0.1, 0.15) is 0 Å². The number of fused-ring (bicyclic) bond motifs is 3. The first-order chi connectivity index (χ1) is 15.4. The molecular formula is C23H24N4O3S2. The number of thioether (sulfide) groups is 1. The smallest absolute Gasteiger partial charge is 0.276 e. The molecule has 9 heteroatoms. The fraction of sp³-hybridized carbons (Fsp3) is 0.304. The molecule has 0 atom stereocenters. The van der Waals surface area contributed by atoms with Gasteiger partial charge in [0.25, 0.3) is 5.91 Å². The first-order valence-corrected chi connectivity index (χ1v) is 13.1. The highest BCUT2D eigenvalue weighted by Crippen LogP contribution is 2.42. The van der Waals surface area contributed by atoms with E-state index in [2.05, 4.69) is 16.5 Å². The molecule has 1 fully saturated rings. The number of hydrogen-bond donors (Lipinski definition) is 1. The third-order valence-electron chi connectivity index (χ3n) is 5.94. The van der Waals surface area contributed by atoms with E-state index < -0.39 is 10.0 Å². The summed E-state index contributed by atoms with van der Waals surface area (Å²) in [4.78, 5) is 14.4. The fourth-order valence-electron chi connectivity index (χ4n) is 4.32. The van der Waals surface area contributed by atoms with Crippen LogP contribution in [0.4, 0.5) is 5.69 Å². The second kappa shape index (κ2) is 8.38. The molecule has 1 N–H and O–H groups in total. The largest absolute Gasteiger partial charge is 0.321 e. The summed E-state index contributed by atoms with van der Waals surface area (Å²) in [5, 5.41) is 7.37. The molecule has 0 saturated carbocycles. The van der Waals surface area contributed by atoms with Crippen molar-refractivity contribution in [3.05, 3.63) is 59.8 Å². The van der Waals surface area contributed by atoms with Crippen molar-refractivity contribution < 1.29 is 13.2 Å². The number of aryl methyl sites for hydroxylation is 1. The summed E-state index contributed by atoms with van der Waals surface area (Å²) < 4.78 is 29.0. The Balaban J connectivity index is 1.37. The van der Waals surface area contributed by atoms with Gasteiger partial charge in [0.05, 0.1) is 10.6 Å². The maximum atomic E-state index is 13.0. The number of aromatic nitrogens is 2. The van der Waals surface area contributed by atoms with Gasteiger partial charge in [0.2, 0.25) is 10.0 Å². The molecule has 0 bridgehead atoms. The number of carbonyl (C=O) groups excluding carboxylic acids is 1. The van der Waals surface area contributed by atoms with Crippen LogP contribution in [0.5, 0.6) is 0 Å². The Bertz CT molecular complexity index is 1280. The summed E-state index contributed by atoms with van der Waals surface area (Å²) in [5.41, 5.74) is 3.90. The number of anilines is 1. The zero-order valence-electron chi connectivity index (χ0n) is 17.7. The van der Waals surface area contributed by atoms with Crippen molar-refractivity contribution in [1.82, 2.24) is 14.1 Å².